The first-order chi connectivity index (χ1) is 5.59. The van der Waals surface area contributed by atoms with Gasteiger partial charge in [-0.25, -0.2) is 8.42 Å². The monoisotopic (exact) mass is 182 g/mol. The molecule has 62 valence electrons. The van der Waals surface area contributed by atoms with Gasteiger partial charge in [0, 0.05) is 11.3 Å². The Kier molecular flexibility index (Phi) is 2.16. The third-order valence-corrected chi connectivity index (χ3v) is 3.09. The fourth-order valence-corrected chi connectivity index (χ4v) is 2.42. The lowest BCUT2D eigenvalue weighted by Gasteiger charge is -2.03. The largest absolute Gasteiger partial charge is 0.224 e. The number of nitriles is 2. The molecule has 0 aliphatic carbocycles. The van der Waals surface area contributed by atoms with Gasteiger partial charge in [-0.3, -0.25) is 0 Å². The molecule has 0 aromatic rings. The van der Waals surface area contributed by atoms with E-state index in [0.717, 1.165) is 5.41 Å². The molecule has 0 spiro atoms. The van der Waals surface area contributed by atoms with Crippen molar-refractivity contribution in [2.75, 3.05) is 5.75 Å². The molecule has 1 atom stereocenters. The van der Waals surface area contributed by atoms with Crippen molar-refractivity contribution < 1.29 is 8.42 Å². The number of nitrogens with zero attached hydrogens (tertiary/aromatic N) is 2. The predicted octanol–water partition coefficient (Wildman–Crippen LogP) is 0.208. The van der Waals surface area contributed by atoms with Gasteiger partial charge >= 0.3 is 0 Å². The van der Waals surface area contributed by atoms with Crippen LogP contribution in [0.2, 0.25) is 0 Å². The number of hydrogen-bond acceptors (Lipinski definition) is 4. The van der Waals surface area contributed by atoms with E-state index in [4.69, 9.17) is 10.5 Å². The summed E-state index contributed by atoms with van der Waals surface area (Å²) in [6.45, 7) is 0. The highest BCUT2D eigenvalue weighted by molar-refractivity contribution is 7.94. The summed E-state index contributed by atoms with van der Waals surface area (Å²) in [5.41, 5.74) is 0. The lowest BCUT2D eigenvalue weighted by Crippen LogP contribution is -2.13. The lowest BCUT2D eigenvalue weighted by atomic mass is 9.97. The summed E-state index contributed by atoms with van der Waals surface area (Å²) < 4.78 is 21.7. The first kappa shape index (κ1) is 8.76. The van der Waals surface area contributed by atoms with E-state index >= 15 is 0 Å². The summed E-state index contributed by atoms with van der Waals surface area (Å²) in [4.78, 5) is 0. The Labute approximate surface area is 70.6 Å². The van der Waals surface area contributed by atoms with Crippen LogP contribution in [0, 0.1) is 34.5 Å². The lowest BCUT2D eigenvalue weighted by molar-refractivity contribution is 0.586. The zero-order valence-electron chi connectivity index (χ0n) is 6.14. The minimum atomic E-state index is -3.14. The molecule has 5 heteroatoms. The molecule has 0 saturated heterocycles. The molecular formula is C7H6N2O2S. The highest BCUT2D eigenvalue weighted by Gasteiger charge is 2.28. The van der Waals surface area contributed by atoms with E-state index in [1.54, 1.807) is 12.1 Å². The van der Waals surface area contributed by atoms with Crippen LogP contribution in [0.5, 0.6) is 0 Å². The fourth-order valence-electron chi connectivity index (χ4n) is 1.03. The maximum Gasteiger partial charge on any atom is 0.171 e. The van der Waals surface area contributed by atoms with E-state index in [1.165, 1.54) is 6.08 Å². The summed E-state index contributed by atoms with van der Waals surface area (Å²) in [5, 5.41) is 18.0. The van der Waals surface area contributed by atoms with E-state index in [1.807, 2.05) is 0 Å². The second-order valence-corrected chi connectivity index (χ2v) is 4.49. The van der Waals surface area contributed by atoms with Crippen molar-refractivity contribution in [3.8, 4) is 12.1 Å². The zero-order valence-corrected chi connectivity index (χ0v) is 6.95. The summed E-state index contributed by atoms with van der Waals surface area (Å²) in [5.74, 6) is -1.41. The molecule has 0 aromatic heterocycles. The molecule has 1 aliphatic rings. The molecule has 0 amide bonds. The van der Waals surface area contributed by atoms with E-state index in [-0.39, 0.29) is 5.75 Å². The van der Waals surface area contributed by atoms with Crippen molar-refractivity contribution in [2.24, 2.45) is 11.8 Å². The maximum atomic E-state index is 10.9. The van der Waals surface area contributed by atoms with Gasteiger partial charge in [-0.15, -0.1) is 0 Å². The molecule has 0 aromatic carbocycles. The van der Waals surface area contributed by atoms with Gasteiger partial charge in [0.25, 0.3) is 0 Å². The zero-order chi connectivity index (χ0) is 9.19. The Morgan fingerprint density at radius 1 is 1.42 bits per heavy atom. The van der Waals surface area contributed by atoms with E-state index in [0.29, 0.717) is 0 Å². The standard InChI is InChI=1S/C7H6N2O2S/c8-3-7(4-9)6-1-2-12(10,11)5-6/h1-2,6-7H,5H2. The van der Waals surface area contributed by atoms with E-state index in [9.17, 15) is 8.42 Å². The van der Waals surface area contributed by atoms with Crippen molar-refractivity contribution in [1.82, 2.24) is 0 Å². The summed E-state index contributed by atoms with van der Waals surface area (Å²) in [7, 11) is -3.14. The van der Waals surface area contributed by atoms with Crippen LogP contribution >= 0.6 is 0 Å². The maximum absolute atomic E-state index is 10.9. The first-order valence-corrected chi connectivity index (χ1v) is 5.01. The Morgan fingerprint density at radius 3 is 2.33 bits per heavy atom. The van der Waals surface area contributed by atoms with E-state index in [2.05, 4.69) is 0 Å². The third-order valence-electron chi connectivity index (χ3n) is 1.66. The number of rotatable bonds is 1. The second-order valence-electron chi connectivity index (χ2n) is 2.56. The molecule has 4 nitrogen and oxygen atoms in total. The number of sulfone groups is 1. The van der Waals surface area contributed by atoms with Crippen LogP contribution in [0.25, 0.3) is 0 Å². The van der Waals surface area contributed by atoms with Crippen LogP contribution in [0.4, 0.5) is 0 Å². The molecule has 0 fully saturated rings. The first-order valence-electron chi connectivity index (χ1n) is 3.29. The SMILES string of the molecule is N#CC(C#N)C1C=CS(=O)(=O)C1. The van der Waals surface area contributed by atoms with Crippen LogP contribution < -0.4 is 0 Å². The van der Waals surface area contributed by atoms with Gasteiger partial charge in [-0.1, -0.05) is 6.08 Å². The van der Waals surface area contributed by atoms with Crippen molar-refractivity contribution >= 4 is 9.84 Å². The summed E-state index contributed by atoms with van der Waals surface area (Å²) in [6, 6.07) is 3.51. The van der Waals surface area contributed by atoms with Gasteiger partial charge in [-0.05, 0) is 0 Å². The second kappa shape index (κ2) is 2.96. The molecule has 1 heterocycles. The van der Waals surface area contributed by atoms with Crippen LogP contribution in [-0.2, 0) is 9.84 Å². The quantitative estimate of drug-likeness (QED) is 0.580. The fraction of sp³-hybridized carbons (Fsp3) is 0.429. The summed E-state index contributed by atoms with van der Waals surface area (Å²) >= 11 is 0. The minimum absolute atomic E-state index is 0.112. The van der Waals surface area contributed by atoms with Gasteiger partial charge < -0.3 is 0 Å². The van der Waals surface area contributed by atoms with Gasteiger partial charge in [0.1, 0.15) is 5.92 Å². The Balaban J connectivity index is 2.82. The molecular weight excluding hydrogens is 176 g/mol. The molecule has 0 saturated carbocycles. The van der Waals surface area contributed by atoms with Crippen molar-refractivity contribution in [2.45, 2.75) is 0 Å². The van der Waals surface area contributed by atoms with Gasteiger partial charge in [0.2, 0.25) is 0 Å². The molecule has 0 radical (unpaired) electrons. The van der Waals surface area contributed by atoms with Gasteiger partial charge in [-0.2, -0.15) is 10.5 Å². The van der Waals surface area contributed by atoms with Crippen LogP contribution in [0.15, 0.2) is 11.5 Å². The molecule has 1 rings (SSSR count). The minimum Gasteiger partial charge on any atom is -0.224 e. The normalized spacial score (nSPS) is 25.1. The molecule has 0 bridgehead atoms. The molecule has 12 heavy (non-hydrogen) atoms. The Hall–Kier alpha value is -1.33. The molecule has 1 aliphatic heterocycles. The Bertz CT molecular complexity index is 369. The van der Waals surface area contributed by atoms with Crippen LogP contribution in [-0.4, -0.2) is 14.2 Å². The van der Waals surface area contributed by atoms with Crippen molar-refractivity contribution in [3.05, 3.63) is 11.5 Å². The van der Waals surface area contributed by atoms with Gasteiger partial charge in [0.15, 0.2) is 9.84 Å². The third kappa shape index (κ3) is 1.63. The molecule has 1 unspecified atom stereocenters. The number of hydrogen-bond donors (Lipinski definition) is 0. The Morgan fingerprint density at radius 2 is 2.00 bits per heavy atom. The van der Waals surface area contributed by atoms with Crippen molar-refractivity contribution in [1.29, 1.82) is 10.5 Å². The highest BCUT2D eigenvalue weighted by Crippen LogP contribution is 2.21. The smallest absolute Gasteiger partial charge is 0.171 e. The van der Waals surface area contributed by atoms with Crippen LogP contribution in [0.3, 0.4) is 0 Å². The van der Waals surface area contributed by atoms with Crippen LogP contribution in [0.1, 0.15) is 0 Å². The average Bonchev–Trinajstić information content (AvgIpc) is 2.34. The summed E-state index contributed by atoms with van der Waals surface area (Å²) in [6.07, 6.45) is 1.41. The predicted molar refractivity (Wildman–Crippen MR) is 41.1 cm³/mol. The highest BCUT2D eigenvalue weighted by atomic mass is 32.2. The average molecular weight is 182 g/mol. The topological polar surface area (TPSA) is 81.7 Å². The molecule has 0 N–H and O–H groups in total. The van der Waals surface area contributed by atoms with Crippen molar-refractivity contribution in [3.63, 3.8) is 0 Å². The van der Waals surface area contributed by atoms with Gasteiger partial charge in [0.05, 0.1) is 17.9 Å². The van der Waals surface area contributed by atoms with E-state index < -0.39 is 21.7 Å². The number of allylic oxidation sites excluding steroid dienone is 1.